The van der Waals surface area contributed by atoms with E-state index in [1.807, 2.05) is 6.07 Å². The van der Waals surface area contributed by atoms with Gasteiger partial charge in [-0.05, 0) is 37.5 Å². The Morgan fingerprint density at radius 1 is 0.846 bits per heavy atom. The molecule has 0 aliphatic carbocycles. The number of nitrogens with one attached hydrogen (secondary N) is 1. The minimum atomic E-state index is 0.229. The van der Waals surface area contributed by atoms with Crippen molar-refractivity contribution >= 4 is 0 Å². The van der Waals surface area contributed by atoms with Crippen LogP contribution in [0.2, 0.25) is 0 Å². The monoisotopic (exact) mass is 340 g/mol. The third kappa shape index (κ3) is 3.33. The van der Waals surface area contributed by atoms with E-state index < -0.39 is 0 Å². The smallest absolute Gasteiger partial charge is 0.0735 e. The minimum absolute atomic E-state index is 0.229. The molecular weight excluding hydrogens is 316 g/mol. The predicted octanol–water partition coefficient (Wildman–Crippen LogP) is 5.78. The number of nitrogens with zero attached hydrogens (tertiary/aromatic N) is 1. The van der Waals surface area contributed by atoms with Crippen LogP contribution in [0.4, 0.5) is 0 Å². The van der Waals surface area contributed by atoms with E-state index in [1.165, 1.54) is 22.3 Å². The Labute approximate surface area is 155 Å². The second-order valence-corrected chi connectivity index (χ2v) is 7.01. The molecule has 0 amide bonds. The van der Waals surface area contributed by atoms with Crippen molar-refractivity contribution in [2.24, 2.45) is 0 Å². The van der Waals surface area contributed by atoms with Crippen molar-refractivity contribution in [3.05, 3.63) is 101 Å². The average Bonchev–Trinajstić information content (AvgIpc) is 2.70. The van der Waals surface area contributed by atoms with Gasteiger partial charge in [0.2, 0.25) is 0 Å². The van der Waals surface area contributed by atoms with Crippen LogP contribution in [0.5, 0.6) is 0 Å². The highest BCUT2D eigenvalue weighted by Crippen LogP contribution is 2.33. The summed E-state index contributed by atoms with van der Waals surface area (Å²) in [6, 6.07) is 25.9. The Kier molecular flexibility index (Phi) is 4.68. The molecule has 0 radical (unpaired) electrons. The molecule has 130 valence electrons. The fourth-order valence-corrected chi connectivity index (χ4v) is 3.66. The number of rotatable bonds is 3. The predicted molar refractivity (Wildman–Crippen MR) is 108 cm³/mol. The fraction of sp³-hybridized carbons (Fsp3) is 0.208. The van der Waals surface area contributed by atoms with Crippen LogP contribution in [-0.2, 0) is 0 Å². The maximum absolute atomic E-state index is 5.03. The summed E-state index contributed by atoms with van der Waals surface area (Å²) in [5.74, 6) is 0. The quantitative estimate of drug-likeness (QED) is 0.611. The standard InChI is InChI=1S/C24H24N2/c1-17-13-15-21(25-23(17)19-9-5-3-6-10-19)22-16-14-18(2)24(26-22)20-11-7-4-8-12-20/h3-15,22,24,26H,16H2,1-2H3. The Morgan fingerprint density at radius 2 is 1.54 bits per heavy atom. The van der Waals surface area contributed by atoms with E-state index in [-0.39, 0.29) is 12.1 Å². The molecule has 0 saturated heterocycles. The van der Waals surface area contributed by atoms with Crippen LogP contribution in [-0.4, -0.2) is 4.98 Å². The van der Waals surface area contributed by atoms with Crippen LogP contribution < -0.4 is 5.32 Å². The summed E-state index contributed by atoms with van der Waals surface area (Å²) < 4.78 is 0. The lowest BCUT2D eigenvalue weighted by molar-refractivity contribution is 0.450. The van der Waals surface area contributed by atoms with Crippen LogP contribution >= 0.6 is 0 Å². The summed E-state index contributed by atoms with van der Waals surface area (Å²) in [6.45, 7) is 4.34. The van der Waals surface area contributed by atoms with Crippen molar-refractivity contribution in [3.63, 3.8) is 0 Å². The van der Waals surface area contributed by atoms with Gasteiger partial charge >= 0.3 is 0 Å². The Balaban J connectivity index is 1.66. The molecule has 1 aliphatic rings. The van der Waals surface area contributed by atoms with E-state index in [9.17, 15) is 0 Å². The highest BCUT2D eigenvalue weighted by Gasteiger charge is 2.24. The van der Waals surface area contributed by atoms with Gasteiger partial charge in [0.15, 0.2) is 0 Å². The molecule has 1 aromatic heterocycles. The van der Waals surface area contributed by atoms with Gasteiger partial charge in [-0.2, -0.15) is 0 Å². The topological polar surface area (TPSA) is 24.9 Å². The molecule has 2 aromatic carbocycles. The van der Waals surface area contributed by atoms with Gasteiger partial charge in [0.1, 0.15) is 0 Å². The van der Waals surface area contributed by atoms with E-state index in [0.29, 0.717) is 0 Å². The molecule has 2 heteroatoms. The first kappa shape index (κ1) is 16.7. The Morgan fingerprint density at radius 3 is 2.27 bits per heavy atom. The van der Waals surface area contributed by atoms with Gasteiger partial charge in [-0.25, -0.2) is 0 Å². The molecule has 1 N–H and O–H groups in total. The molecule has 2 heterocycles. The van der Waals surface area contributed by atoms with Crippen molar-refractivity contribution in [3.8, 4) is 11.3 Å². The van der Waals surface area contributed by atoms with E-state index in [0.717, 1.165) is 17.8 Å². The lowest BCUT2D eigenvalue weighted by Crippen LogP contribution is -2.31. The van der Waals surface area contributed by atoms with Gasteiger partial charge in [0, 0.05) is 5.56 Å². The molecule has 2 unspecified atom stereocenters. The average molecular weight is 340 g/mol. The molecule has 26 heavy (non-hydrogen) atoms. The first-order valence-corrected chi connectivity index (χ1v) is 9.23. The molecular formula is C24H24N2. The first-order chi connectivity index (χ1) is 12.7. The number of aromatic nitrogens is 1. The van der Waals surface area contributed by atoms with E-state index in [1.54, 1.807) is 0 Å². The van der Waals surface area contributed by atoms with Crippen molar-refractivity contribution in [2.75, 3.05) is 0 Å². The second kappa shape index (κ2) is 7.27. The number of pyridine rings is 1. The molecule has 0 saturated carbocycles. The number of hydrogen-bond donors (Lipinski definition) is 1. The molecule has 0 fully saturated rings. The van der Waals surface area contributed by atoms with Crippen molar-refractivity contribution in [1.29, 1.82) is 0 Å². The van der Waals surface area contributed by atoms with Crippen LogP contribution in [0, 0.1) is 6.92 Å². The van der Waals surface area contributed by atoms with Gasteiger partial charge in [-0.3, -0.25) is 10.3 Å². The van der Waals surface area contributed by atoms with Gasteiger partial charge in [-0.15, -0.1) is 0 Å². The Hall–Kier alpha value is -2.71. The van der Waals surface area contributed by atoms with Gasteiger partial charge in [-0.1, -0.05) is 78.4 Å². The maximum Gasteiger partial charge on any atom is 0.0735 e. The first-order valence-electron chi connectivity index (χ1n) is 9.23. The van der Waals surface area contributed by atoms with Gasteiger partial charge in [0.05, 0.1) is 23.5 Å². The zero-order valence-corrected chi connectivity index (χ0v) is 15.3. The van der Waals surface area contributed by atoms with Crippen LogP contribution in [0.3, 0.4) is 0 Å². The minimum Gasteiger partial charge on any atom is -0.298 e. The number of hydrogen-bond acceptors (Lipinski definition) is 2. The third-order valence-electron chi connectivity index (χ3n) is 5.15. The summed E-state index contributed by atoms with van der Waals surface area (Å²) in [5, 5.41) is 3.80. The normalized spacial score (nSPS) is 19.8. The molecule has 1 aliphatic heterocycles. The summed E-state index contributed by atoms with van der Waals surface area (Å²) in [4.78, 5) is 5.03. The van der Waals surface area contributed by atoms with Crippen LogP contribution in [0.25, 0.3) is 11.3 Å². The highest BCUT2D eigenvalue weighted by atomic mass is 15.0. The molecule has 0 bridgehead atoms. The number of benzene rings is 2. The highest BCUT2D eigenvalue weighted by molar-refractivity contribution is 5.62. The second-order valence-electron chi connectivity index (χ2n) is 7.01. The van der Waals surface area contributed by atoms with Crippen LogP contribution in [0.15, 0.2) is 84.4 Å². The molecule has 2 nitrogen and oxygen atoms in total. The van der Waals surface area contributed by atoms with Gasteiger partial charge in [0.25, 0.3) is 0 Å². The molecule has 0 spiro atoms. The largest absolute Gasteiger partial charge is 0.298 e. The van der Waals surface area contributed by atoms with E-state index >= 15 is 0 Å². The zero-order chi connectivity index (χ0) is 17.9. The van der Waals surface area contributed by atoms with Crippen LogP contribution in [0.1, 0.15) is 42.2 Å². The van der Waals surface area contributed by atoms with Crippen molar-refractivity contribution in [1.82, 2.24) is 10.3 Å². The maximum atomic E-state index is 5.03. The number of aryl methyl sites for hydroxylation is 1. The van der Waals surface area contributed by atoms with Gasteiger partial charge < -0.3 is 0 Å². The zero-order valence-electron chi connectivity index (χ0n) is 15.3. The lowest BCUT2D eigenvalue weighted by atomic mass is 9.91. The summed E-state index contributed by atoms with van der Waals surface area (Å²) in [6.07, 6.45) is 3.32. The summed E-state index contributed by atoms with van der Waals surface area (Å²) in [5.41, 5.74) is 7.26. The van der Waals surface area contributed by atoms with E-state index in [2.05, 4.69) is 92.0 Å². The molecule has 3 aromatic rings. The lowest BCUT2D eigenvalue weighted by Gasteiger charge is -2.31. The SMILES string of the molecule is CC1=CCC(c2ccc(C)c(-c3ccccc3)n2)NC1c1ccccc1. The van der Waals surface area contributed by atoms with E-state index in [4.69, 9.17) is 4.98 Å². The Bertz CT molecular complexity index is 913. The van der Waals surface area contributed by atoms with Crippen molar-refractivity contribution in [2.45, 2.75) is 32.4 Å². The summed E-state index contributed by atoms with van der Waals surface area (Å²) >= 11 is 0. The molecule has 2 atom stereocenters. The van der Waals surface area contributed by atoms with Crippen molar-refractivity contribution < 1.29 is 0 Å². The molecule has 4 rings (SSSR count). The fourth-order valence-electron chi connectivity index (χ4n) is 3.66. The third-order valence-corrected chi connectivity index (χ3v) is 5.15. The summed E-state index contributed by atoms with van der Waals surface area (Å²) in [7, 11) is 0.